The average Bonchev–Trinajstić information content (AvgIpc) is 3.70. The summed E-state index contributed by atoms with van der Waals surface area (Å²) in [6.45, 7) is 0.817. The van der Waals surface area contributed by atoms with E-state index in [1.807, 2.05) is 60.9 Å². The molecule has 0 bridgehead atoms. The quantitative estimate of drug-likeness (QED) is 0.160. The van der Waals surface area contributed by atoms with E-state index in [-0.39, 0.29) is 31.3 Å². The van der Waals surface area contributed by atoms with Crippen molar-refractivity contribution in [2.45, 2.75) is 25.3 Å². The molecule has 2 aromatic heterocycles. The van der Waals surface area contributed by atoms with Crippen LogP contribution in [-0.4, -0.2) is 70.7 Å². The van der Waals surface area contributed by atoms with Crippen LogP contribution in [0.25, 0.3) is 21.8 Å². The molecule has 2 aromatic carbocycles. The molecule has 1 aliphatic heterocycles. The first kappa shape index (κ1) is 27.9. The van der Waals surface area contributed by atoms with Crippen molar-refractivity contribution in [3.63, 3.8) is 0 Å². The normalized spacial score (nSPS) is 17.5. The second-order valence-electron chi connectivity index (χ2n) is 10.5. The summed E-state index contributed by atoms with van der Waals surface area (Å²) in [5.74, 6) is -3.31. The molecule has 5 rings (SSSR count). The lowest BCUT2D eigenvalue weighted by Gasteiger charge is -2.20. The monoisotopic (exact) mass is 557 g/mol. The van der Waals surface area contributed by atoms with Gasteiger partial charge in [-0.25, -0.2) is 0 Å². The molecule has 4 amide bonds. The van der Waals surface area contributed by atoms with Gasteiger partial charge in [0.1, 0.15) is 0 Å². The van der Waals surface area contributed by atoms with Gasteiger partial charge in [0, 0.05) is 60.4 Å². The van der Waals surface area contributed by atoms with Gasteiger partial charge in [-0.1, -0.05) is 36.4 Å². The van der Waals surface area contributed by atoms with Gasteiger partial charge in [-0.15, -0.1) is 0 Å². The molecular formula is C30H35N7O4. The Bertz CT molecular complexity index is 1480. The molecule has 0 spiro atoms. The topological polar surface area (TPSA) is 179 Å². The number of para-hydroxylation sites is 2. The summed E-state index contributed by atoms with van der Waals surface area (Å²) in [6.07, 6.45) is 4.76. The van der Waals surface area contributed by atoms with Crippen LogP contribution in [0, 0.1) is 11.8 Å². The highest BCUT2D eigenvalue weighted by atomic mass is 16.2. The van der Waals surface area contributed by atoms with Crippen molar-refractivity contribution in [1.29, 1.82) is 0 Å². The lowest BCUT2D eigenvalue weighted by Crippen LogP contribution is -2.45. The number of benzene rings is 2. The van der Waals surface area contributed by atoms with E-state index in [2.05, 4.69) is 20.6 Å². The first-order valence-corrected chi connectivity index (χ1v) is 13.8. The van der Waals surface area contributed by atoms with E-state index in [1.165, 1.54) is 4.90 Å². The van der Waals surface area contributed by atoms with E-state index in [0.29, 0.717) is 25.9 Å². The van der Waals surface area contributed by atoms with Crippen LogP contribution in [0.15, 0.2) is 60.9 Å². The second-order valence-corrected chi connectivity index (χ2v) is 10.5. The second kappa shape index (κ2) is 12.3. The Morgan fingerprint density at radius 2 is 1.27 bits per heavy atom. The summed E-state index contributed by atoms with van der Waals surface area (Å²) in [4.78, 5) is 58.7. The predicted molar refractivity (Wildman–Crippen MR) is 155 cm³/mol. The van der Waals surface area contributed by atoms with Crippen LogP contribution in [0.5, 0.6) is 0 Å². The van der Waals surface area contributed by atoms with E-state index in [4.69, 9.17) is 11.5 Å². The highest BCUT2D eigenvalue weighted by Crippen LogP contribution is 2.26. The first-order chi connectivity index (χ1) is 19.8. The zero-order valence-corrected chi connectivity index (χ0v) is 22.7. The number of H-pyrrole nitrogens is 2. The summed E-state index contributed by atoms with van der Waals surface area (Å²) in [7, 11) is 0. The summed E-state index contributed by atoms with van der Waals surface area (Å²) in [6, 6.07) is 14.8. The highest BCUT2D eigenvalue weighted by molar-refractivity contribution is 5.93. The van der Waals surface area contributed by atoms with Gasteiger partial charge in [-0.3, -0.25) is 19.2 Å². The van der Waals surface area contributed by atoms with Gasteiger partial charge in [0.25, 0.3) is 0 Å². The predicted octanol–water partition coefficient (Wildman–Crippen LogP) is 0.944. The van der Waals surface area contributed by atoms with E-state index < -0.39 is 29.7 Å². The van der Waals surface area contributed by atoms with Gasteiger partial charge in [0.2, 0.25) is 23.6 Å². The molecule has 3 atom stereocenters. The summed E-state index contributed by atoms with van der Waals surface area (Å²) < 4.78 is 0. The smallest absolute Gasteiger partial charge is 0.240 e. The Morgan fingerprint density at radius 3 is 1.73 bits per heavy atom. The lowest BCUT2D eigenvalue weighted by molar-refractivity contribution is -0.134. The average molecular weight is 558 g/mol. The number of primary amides is 1. The molecule has 11 heteroatoms. The molecule has 11 nitrogen and oxygen atoms in total. The molecule has 0 aliphatic carbocycles. The fourth-order valence-corrected chi connectivity index (χ4v) is 5.63. The third-order valence-electron chi connectivity index (χ3n) is 7.78. The number of aromatic amines is 2. The molecule has 41 heavy (non-hydrogen) atoms. The number of aromatic nitrogens is 2. The van der Waals surface area contributed by atoms with Gasteiger partial charge < -0.3 is 37.0 Å². The third-order valence-corrected chi connectivity index (χ3v) is 7.78. The van der Waals surface area contributed by atoms with Crippen molar-refractivity contribution in [2.75, 3.05) is 26.2 Å². The SMILES string of the molecule is NC(=O)C[C@H](N)C(=O)N1C[C@@H](C(=O)NCCc2c[nH]c3ccccc23)[C@H](C(=O)NCCc2c[nH]c3ccccc23)C1. The lowest BCUT2D eigenvalue weighted by atomic mass is 9.94. The standard InChI is InChI=1S/C30H35N7O4/c31-24(13-27(32)38)30(41)37-16-22(28(39)33-11-9-18-14-35-25-7-3-1-5-20(18)25)23(17-37)29(40)34-12-10-19-15-36-26-8-4-2-6-21(19)26/h1-8,14-15,22-24,35-36H,9-13,16-17,31H2,(H2,32,38)(H,33,39)(H,34,40)/t22-,23-,24+/m1/s1. The van der Waals surface area contributed by atoms with Crippen LogP contribution in [0.1, 0.15) is 17.5 Å². The summed E-state index contributed by atoms with van der Waals surface area (Å²) >= 11 is 0. The number of carbonyl (C=O) groups is 4. The number of carbonyl (C=O) groups excluding carboxylic acids is 4. The van der Waals surface area contributed by atoms with Gasteiger partial charge in [-0.05, 0) is 36.1 Å². The van der Waals surface area contributed by atoms with Gasteiger partial charge in [0.05, 0.1) is 24.3 Å². The minimum atomic E-state index is -1.12. The molecule has 8 N–H and O–H groups in total. The maximum atomic E-state index is 13.3. The van der Waals surface area contributed by atoms with Crippen LogP contribution in [-0.2, 0) is 32.0 Å². The van der Waals surface area contributed by atoms with Gasteiger partial charge >= 0.3 is 0 Å². The van der Waals surface area contributed by atoms with Crippen molar-refractivity contribution in [1.82, 2.24) is 25.5 Å². The largest absolute Gasteiger partial charge is 0.370 e. The fraction of sp³-hybridized carbons (Fsp3) is 0.333. The van der Waals surface area contributed by atoms with Gasteiger partial charge in [0.15, 0.2) is 0 Å². The highest BCUT2D eigenvalue weighted by Gasteiger charge is 2.44. The number of nitrogens with two attached hydrogens (primary N) is 2. The van der Waals surface area contributed by atoms with Gasteiger partial charge in [-0.2, -0.15) is 0 Å². The van der Waals surface area contributed by atoms with Crippen molar-refractivity contribution in [2.24, 2.45) is 23.3 Å². The van der Waals surface area contributed by atoms with Crippen molar-refractivity contribution in [3.8, 4) is 0 Å². The Hall–Kier alpha value is -4.64. The van der Waals surface area contributed by atoms with E-state index in [1.54, 1.807) is 0 Å². The number of hydrogen-bond donors (Lipinski definition) is 6. The van der Waals surface area contributed by atoms with Crippen LogP contribution in [0.3, 0.4) is 0 Å². The molecule has 1 saturated heterocycles. The van der Waals surface area contributed by atoms with E-state index in [9.17, 15) is 19.2 Å². The third kappa shape index (κ3) is 6.25. The molecular weight excluding hydrogens is 522 g/mol. The molecule has 3 heterocycles. The number of likely N-dealkylation sites (tertiary alicyclic amines) is 1. The number of amides is 4. The number of nitrogens with one attached hydrogen (secondary N) is 4. The maximum Gasteiger partial charge on any atom is 0.240 e. The van der Waals surface area contributed by atoms with Crippen LogP contribution in [0.2, 0.25) is 0 Å². The molecule has 4 aromatic rings. The molecule has 0 saturated carbocycles. The molecule has 0 unspecified atom stereocenters. The number of fused-ring (bicyclic) bond motifs is 2. The fourth-order valence-electron chi connectivity index (χ4n) is 5.63. The molecule has 0 radical (unpaired) electrons. The Morgan fingerprint density at radius 1 is 0.805 bits per heavy atom. The minimum Gasteiger partial charge on any atom is -0.370 e. The number of rotatable bonds is 11. The number of hydrogen-bond acceptors (Lipinski definition) is 5. The minimum absolute atomic E-state index is 0.0325. The van der Waals surface area contributed by atoms with Crippen molar-refractivity contribution >= 4 is 45.4 Å². The molecule has 1 aliphatic rings. The maximum absolute atomic E-state index is 13.3. The van der Waals surface area contributed by atoms with E-state index in [0.717, 1.165) is 32.9 Å². The van der Waals surface area contributed by atoms with Crippen molar-refractivity contribution in [3.05, 3.63) is 72.1 Å². The molecule has 214 valence electrons. The first-order valence-electron chi connectivity index (χ1n) is 13.8. The van der Waals surface area contributed by atoms with E-state index >= 15 is 0 Å². The summed E-state index contributed by atoms with van der Waals surface area (Å²) in [5.41, 5.74) is 15.3. The molecule has 1 fully saturated rings. The Kier molecular flexibility index (Phi) is 8.34. The Balaban J connectivity index is 1.23. The van der Waals surface area contributed by atoms with Crippen LogP contribution >= 0.6 is 0 Å². The van der Waals surface area contributed by atoms with Crippen LogP contribution < -0.4 is 22.1 Å². The number of nitrogens with zero attached hydrogens (tertiary/aromatic N) is 1. The van der Waals surface area contributed by atoms with Crippen LogP contribution in [0.4, 0.5) is 0 Å². The zero-order valence-electron chi connectivity index (χ0n) is 22.7. The van der Waals surface area contributed by atoms with Crippen molar-refractivity contribution < 1.29 is 19.2 Å². The summed E-state index contributed by atoms with van der Waals surface area (Å²) in [5, 5.41) is 8.09. The zero-order chi connectivity index (χ0) is 28.9. The Labute approximate surface area is 237 Å².